The van der Waals surface area contributed by atoms with Crippen LogP contribution in [0.4, 0.5) is 0 Å². The summed E-state index contributed by atoms with van der Waals surface area (Å²) >= 11 is 1.39. The van der Waals surface area contributed by atoms with E-state index in [1.54, 1.807) is 0 Å². The third-order valence-electron chi connectivity index (χ3n) is 2.79. The van der Waals surface area contributed by atoms with E-state index in [-0.39, 0.29) is 5.91 Å². The second-order valence-electron chi connectivity index (χ2n) is 4.42. The van der Waals surface area contributed by atoms with Gasteiger partial charge in [-0.2, -0.15) is 5.10 Å². The van der Waals surface area contributed by atoms with Crippen LogP contribution < -0.4 is 11.1 Å². The Morgan fingerprint density at radius 2 is 2.43 bits per heavy atom. The van der Waals surface area contributed by atoms with Crippen molar-refractivity contribution in [2.75, 3.05) is 13.1 Å². The van der Waals surface area contributed by atoms with Crippen LogP contribution in [0.1, 0.15) is 32.4 Å². The van der Waals surface area contributed by atoms with Crippen LogP contribution in [-0.2, 0) is 6.42 Å². The summed E-state index contributed by atoms with van der Waals surface area (Å²) in [5.74, 6) is 6.54. The molecule has 0 radical (unpaired) electrons. The third kappa shape index (κ3) is 4.41. The number of hydrogen-bond acceptors (Lipinski definition) is 5. The molecule has 0 saturated carbocycles. The number of aromatic amines is 1. The molecule has 21 heavy (non-hydrogen) atoms. The van der Waals surface area contributed by atoms with Gasteiger partial charge in [-0.15, -0.1) is 11.3 Å². The zero-order valence-corrected chi connectivity index (χ0v) is 12.6. The van der Waals surface area contributed by atoms with Crippen molar-refractivity contribution in [2.24, 2.45) is 5.73 Å². The summed E-state index contributed by atoms with van der Waals surface area (Å²) < 4.78 is 0. The molecule has 0 aliphatic carbocycles. The summed E-state index contributed by atoms with van der Waals surface area (Å²) in [5.41, 5.74) is 6.36. The Labute approximate surface area is 127 Å². The Morgan fingerprint density at radius 3 is 3.14 bits per heavy atom. The van der Waals surface area contributed by atoms with Crippen molar-refractivity contribution in [3.05, 3.63) is 33.5 Å². The molecular formula is C14H17N5OS. The van der Waals surface area contributed by atoms with Gasteiger partial charge in [-0.3, -0.25) is 9.89 Å². The molecule has 0 unspecified atom stereocenters. The molecule has 6 nitrogen and oxygen atoms in total. The summed E-state index contributed by atoms with van der Waals surface area (Å²) in [4.78, 5) is 17.6. The first kappa shape index (κ1) is 15.2. The second-order valence-corrected chi connectivity index (χ2v) is 5.47. The number of amides is 1. The molecule has 0 fully saturated rings. The SMILES string of the molecule is Cc1cc(C(=O)NCCCc2ncn[nH]2)sc1C#CCN. The van der Waals surface area contributed by atoms with Gasteiger partial charge in [-0.05, 0) is 25.0 Å². The number of carbonyl (C=O) groups is 1. The fourth-order valence-electron chi connectivity index (χ4n) is 1.75. The topological polar surface area (TPSA) is 96.7 Å². The van der Waals surface area contributed by atoms with E-state index >= 15 is 0 Å². The minimum absolute atomic E-state index is 0.0681. The normalized spacial score (nSPS) is 10.0. The number of aromatic nitrogens is 3. The van der Waals surface area contributed by atoms with E-state index in [0.717, 1.165) is 29.1 Å². The Kier molecular flexibility index (Phi) is 5.49. The largest absolute Gasteiger partial charge is 0.351 e. The first-order valence-electron chi connectivity index (χ1n) is 6.62. The number of H-pyrrole nitrogens is 1. The quantitative estimate of drug-likeness (QED) is 0.563. The maximum atomic E-state index is 12.0. The van der Waals surface area contributed by atoms with Crippen LogP contribution in [0.25, 0.3) is 0 Å². The number of rotatable bonds is 5. The van der Waals surface area contributed by atoms with Gasteiger partial charge < -0.3 is 11.1 Å². The summed E-state index contributed by atoms with van der Waals surface area (Å²) in [6, 6.07) is 1.86. The van der Waals surface area contributed by atoms with E-state index in [4.69, 9.17) is 5.73 Å². The second kappa shape index (κ2) is 7.57. The molecular weight excluding hydrogens is 286 g/mol. The fourth-order valence-corrected chi connectivity index (χ4v) is 2.71. The molecule has 2 rings (SSSR count). The van der Waals surface area contributed by atoms with Crippen LogP contribution >= 0.6 is 11.3 Å². The third-order valence-corrected chi connectivity index (χ3v) is 3.94. The van der Waals surface area contributed by atoms with Crippen molar-refractivity contribution < 1.29 is 4.79 Å². The van der Waals surface area contributed by atoms with E-state index in [0.29, 0.717) is 18.0 Å². The van der Waals surface area contributed by atoms with Gasteiger partial charge in [0.1, 0.15) is 12.2 Å². The van der Waals surface area contributed by atoms with Crippen LogP contribution in [0.5, 0.6) is 0 Å². The van der Waals surface area contributed by atoms with E-state index in [2.05, 4.69) is 32.3 Å². The lowest BCUT2D eigenvalue weighted by Crippen LogP contribution is -2.23. The lowest BCUT2D eigenvalue weighted by atomic mass is 10.2. The van der Waals surface area contributed by atoms with Gasteiger partial charge in [0.05, 0.1) is 16.3 Å². The molecule has 0 bridgehead atoms. The summed E-state index contributed by atoms with van der Waals surface area (Å²) in [6.45, 7) is 2.86. The smallest absolute Gasteiger partial charge is 0.261 e. The zero-order chi connectivity index (χ0) is 15.1. The number of nitrogens with two attached hydrogens (primary N) is 1. The van der Waals surface area contributed by atoms with Gasteiger partial charge in [0.2, 0.25) is 0 Å². The lowest BCUT2D eigenvalue weighted by Gasteiger charge is -2.01. The van der Waals surface area contributed by atoms with Gasteiger partial charge in [0.25, 0.3) is 5.91 Å². The van der Waals surface area contributed by atoms with Crippen molar-refractivity contribution >= 4 is 17.2 Å². The first-order chi connectivity index (χ1) is 10.2. The highest BCUT2D eigenvalue weighted by atomic mass is 32.1. The fraction of sp³-hybridized carbons (Fsp3) is 0.357. The molecule has 2 aromatic rings. The standard InChI is InChI=1S/C14H17N5OS/c1-10-8-12(21-11(10)4-2-6-15)14(20)16-7-3-5-13-17-9-18-19-13/h8-9H,3,5-7,15H2,1H3,(H,16,20)(H,17,18,19). The van der Waals surface area contributed by atoms with Gasteiger partial charge in [0.15, 0.2) is 0 Å². The molecule has 0 saturated heterocycles. The molecule has 7 heteroatoms. The van der Waals surface area contributed by atoms with E-state index < -0.39 is 0 Å². The first-order valence-corrected chi connectivity index (χ1v) is 7.44. The number of hydrogen-bond donors (Lipinski definition) is 3. The number of thiophene rings is 1. The highest BCUT2D eigenvalue weighted by Crippen LogP contribution is 2.20. The minimum atomic E-state index is -0.0681. The van der Waals surface area contributed by atoms with Crippen LogP contribution in [0.2, 0.25) is 0 Å². The molecule has 0 spiro atoms. The van der Waals surface area contributed by atoms with E-state index in [1.165, 1.54) is 17.7 Å². The van der Waals surface area contributed by atoms with E-state index in [9.17, 15) is 4.79 Å². The molecule has 2 heterocycles. The maximum Gasteiger partial charge on any atom is 0.261 e. The maximum absolute atomic E-state index is 12.0. The minimum Gasteiger partial charge on any atom is -0.351 e. The highest BCUT2D eigenvalue weighted by molar-refractivity contribution is 7.14. The van der Waals surface area contributed by atoms with Gasteiger partial charge in [-0.25, -0.2) is 4.98 Å². The van der Waals surface area contributed by atoms with Crippen molar-refractivity contribution in [1.29, 1.82) is 0 Å². The number of nitrogens with zero attached hydrogens (tertiary/aromatic N) is 2. The Hall–Kier alpha value is -2.17. The number of carbonyl (C=O) groups excluding carboxylic acids is 1. The van der Waals surface area contributed by atoms with Crippen LogP contribution in [0.3, 0.4) is 0 Å². The Morgan fingerprint density at radius 1 is 1.57 bits per heavy atom. The van der Waals surface area contributed by atoms with E-state index in [1.807, 2.05) is 13.0 Å². The Balaban J connectivity index is 1.83. The molecule has 0 atom stereocenters. The van der Waals surface area contributed by atoms with Gasteiger partial charge in [0, 0.05) is 13.0 Å². The molecule has 0 aromatic carbocycles. The highest BCUT2D eigenvalue weighted by Gasteiger charge is 2.11. The summed E-state index contributed by atoms with van der Waals surface area (Å²) in [5, 5.41) is 9.46. The van der Waals surface area contributed by atoms with Crippen LogP contribution in [0, 0.1) is 18.8 Å². The molecule has 110 valence electrons. The molecule has 4 N–H and O–H groups in total. The monoisotopic (exact) mass is 303 g/mol. The van der Waals surface area contributed by atoms with Gasteiger partial charge in [-0.1, -0.05) is 11.8 Å². The lowest BCUT2D eigenvalue weighted by molar-refractivity contribution is 0.0957. The molecule has 0 aliphatic heterocycles. The predicted octanol–water partition coefficient (Wildman–Crippen LogP) is 0.847. The molecule has 1 amide bonds. The van der Waals surface area contributed by atoms with Crippen molar-refractivity contribution in [3.63, 3.8) is 0 Å². The van der Waals surface area contributed by atoms with Crippen LogP contribution in [0.15, 0.2) is 12.4 Å². The zero-order valence-electron chi connectivity index (χ0n) is 11.8. The van der Waals surface area contributed by atoms with Crippen molar-refractivity contribution in [1.82, 2.24) is 20.5 Å². The van der Waals surface area contributed by atoms with Crippen LogP contribution in [-0.4, -0.2) is 34.2 Å². The predicted molar refractivity (Wildman–Crippen MR) is 82.0 cm³/mol. The summed E-state index contributed by atoms with van der Waals surface area (Å²) in [6.07, 6.45) is 3.05. The average molecular weight is 303 g/mol. The average Bonchev–Trinajstić information content (AvgIpc) is 3.11. The molecule has 2 aromatic heterocycles. The van der Waals surface area contributed by atoms with Crippen molar-refractivity contribution in [3.8, 4) is 11.8 Å². The Bertz CT molecular complexity index is 651. The van der Waals surface area contributed by atoms with Gasteiger partial charge >= 0.3 is 0 Å². The number of aryl methyl sites for hydroxylation is 2. The number of nitrogens with one attached hydrogen (secondary N) is 2. The van der Waals surface area contributed by atoms with Crippen molar-refractivity contribution in [2.45, 2.75) is 19.8 Å². The summed E-state index contributed by atoms with van der Waals surface area (Å²) in [7, 11) is 0. The molecule has 0 aliphatic rings.